The fourth-order valence-corrected chi connectivity index (χ4v) is 2.59. The van der Waals surface area contributed by atoms with Crippen LogP contribution in [0.25, 0.3) is 0 Å². The maximum atomic E-state index is 11.8. The third kappa shape index (κ3) is 5.15. The third-order valence-corrected chi connectivity index (χ3v) is 4.21. The molecule has 1 aromatic heterocycles. The van der Waals surface area contributed by atoms with Gasteiger partial charge in [0, 0.05) is 11.1 Å². The van der Waals surface area contributed by atoms with E-state index in [1.54, 1.807) is 12.3 Å². The second kappa shape index (κ2) is 7.40. The normalized spacial score (nSPS) is 11.2. The van der Waals surface area contributed by atoms with Crippen molar-refractivity contribution in [3.05, 3.63) is 54.1 Å². The van der Waals surface area contributed by atoms with Gasteiger partial charge >= 0.3 is 0 Å². The molecule has 0 unspecified atom stereocenters. The number of nitrogens with zero attached hydrogens (tertiary/aromatic N) is 2. The number of carbonyl (C=O) groups is 1. The highest BCUT2D eigenvalue weighted by Crippen LogP contribution is 2.25. The SMILES string of the molecule is CC(C)(C)c1ccc(SCC(=O)NCc2ccncn2)cc1. The van der Waals surface area contributed by atoms with E-state index in [-0.39, 0.29) is 11.3 Å². The van der Waals surface area contributed by atoms with Gasteiger partial charge in [-0.1, -0.05) is 32.9 Å². The van der Waals surface area contributed by atoms with Crippen molar-refractivity contribution >= 4 is 17.7 Å². The van der Waals surface area contributed by atoms with Crippen LogP contribution in [0.4, 0.5) is 0 Å². The van der Waals surface area contributed by atoms with Gasteiger partial charge in [0.1, 0.15) is 6.33 Å². The summed E-state index contributed by atoms with van der Waals surface area (Å²) in [4.78, 5) is 20.9. The highest BCUT2D eigenvalue weighted by molar-refractivity contribution is 8.00. The summed E-state index contributed by atoms with van der Waals surface area (Å²) in [7, 11) is 0. The molecule has 0 aliphatic rings. The Morgan fingerprint density at radius 1 is 1.18 bits per heavy atom. The van der Waals surface area contributed by atoms with Crippen LogP contribution in [-0.2, 0) is 16.8 Å². The molecular weight excluding hydrogens is 294 g/mol. The molecule has 4 nitrogen and oxygen atoms in total. The number of hydrogen-bond acceptors (Lipinski definition) is 4. The Hall–Kier alpha value is -1.88. The molecule has 0 atom stereocenters. The van der Waals surface area contributed by atoms with Gasteiger partial charge in [-0.15, -0.1) is 11.8 Å². The van der Waals surface area contributed by atoms with Crippen LogP contribution in [0.5, 0.6) is 0 Å². The monoisotopic (exact) mass is 315 g/mol. The molecule has 5 heteroatoms. The van der Waals surface area contributed by atoms with Crippen LogP contribution in [0.1, 0.15) is 32.0 Å². The lowest BCUT2D eigenvalue weighted by Crippen LogP contribution is -2.25. The van der Waals surface area contributed by atoms with Crippen LogP contribution in [0.15, 0.2) is 47.8 Å². The van der Waals surface area contributed by atoms with E-state index in [2.05, 4.69) is 60.3 Å². The number of benzene rings is 1. The first kappa shape index (κ1) is 16.5. The molecule has 1 aromatic carbocycles. The fourth-order valence-electron chi connectivity index (χ4n) is 1.86. The van der Waals surface area contributed by atoms with Crippen molar-refractivity contribution in [1.29, 1.82) is 0 Å². The number of carbonyl (C=O) groups excluding carboxylic acids is 1. The van der Waals surface area contributed by atoms with Crippen molar-refractivity contribution in [2.45, 2.75) is 37.6 Å². The van der Waals surface area contributed by atoms with Crippen molar-refractivity contribution in [1.82, 2.24) is 15.3 Å². The lowest BCUT2D eigenvalue weighted by Gasteiger charge is -2.19. The molecule has 1 heterocycles. The van der Waals surface area contributed by atoms with Gasteiger partial charge in [0.15, 0.2) is 0 Å². The van der Waals surface area contributed by atoms with Gasteiger partial charge in [0.25, 0.3) is 0 Å². The molecule has 0 bridgehead atoms. The van der Waals surface area contributed by atoms with Gasteiger partial charge in [0.2, 0.25) is 5.91 Å². The molecule has 0 radical (unpaired) electrons. The van der Waals surface area contributed by atoms with Crippen LogP contribution in [0.2, 0.25) is 0 Å². The molecule has 0 saturated heterocycles. The lowest BCUT2D eigenvalue weighted by atomic mass is 9.87. The lowest BCUT2D eigenvalue weighted by molar-refractivity contribution is -0.118. The van der Waals surface area contributed by atoms with E-state index in [4.69, 9.17) is 0 Å². The highest BCUT2D eigenvalue weighted by Gasteiger charge is 2.13. The second-order valence-electron chi connectivity index (χ2n) is 6.04. The first-order valence-electron chi connectivity index (χ1n) is 7.20. The Labute approximate surface area is 135 Å². The zero-order valence-electron chi connectivity index (χ0n) is 13.2. The molecule has 2 rings (SSSR count). The van der Waals surface area contributed by atoms with E-state index >= 15 is 0 Å². The molecule has 0 spiro atoms. The number of hydrogen-bond donors (Lipinski definition) is 1. The average molecular weight is 315 g/mol. The zero-order chi connectivity index (χ0) is 16.0. The van der Waals surface area contributed by atoms with Gasteiger partial charge in [-0.05, 0) is 29.2 Å². The van der Waals surface area contributed by atoms with Crippen LogP contribution in [0.3, 0.4) is 0 Å². The number of aromatic nitrogens is 2. The molecule has 2 aromatic rings. The third-order valence-electron chi connectivity index (χ3n) is 3.20. The second-order valence-corrected chi connectivity index (χ2v) is 7.09. The summed E-state index contributed by atoms with van der Waals surface area (Å²) in [5.74, 6) is 0.406. The topological polar surface area (TPSA) is 54.9 Å². The van der Waals surface area contributed by atoms with Crippen LogP contribution in [-0.4, -0.2) is 21.6 Å². The van der Waals surface area contributed by atoms with Gasteiger partial charge in [-0.25, -0.2) is 9.97 Å². The summed E-state index contributed by atoms with van der Waals surface area (Å²) in [5, 5.41) is 2.85. The largest absolute Gasteiger partial charge is 0.350 e. The number of thioether (sulfide) groups is 1. The van der Waals surface area contributed by atoms with Crippen LogP contribution < -0.4 is 5.32 Å². The molecule has 116 valence electrons. The Morgan fingerprint density at radius 3 is 2.50 bits per heavy atom. The number of nitrogens with one attached hydrogen (secondary N) is 1. The van der Waals surface area contributed by atoms with Gasteiger partial charge in [-0.3, -0.25) is 4.79 Å². The average Bonchev–Trinajstić information content (AvgIpc) is 2.51. The Balaban J connectivity index is 1.79. The molecule has 1 amide bonds. The summed E-state index contributed by atoms with van der Waals surface area (Å²) in [6.07, 6.45) is 3.15. The number of rotatable bonds is 5. The van der Waals surface area contributed by atoms with E-state index in [9.17, 15) is 4.79 Å². The van der Waals surface area contributed by atoms with Crippen molar-refractivity contribution in [3.8, 4) is 0 Å². The van der Waals surface area contributed by atoms with Crippen molar-refractivity contribution in [2.75, 3.05) is 5.75 Å². The van der Waals surface area contributed by atoms with Crippen molar-refractivity contribution < 1.29 is 4.79 Å². The quantitative estimate of drug-likeness (QED) is 0.861. The van der Waals surface area contributed by atoms with Gasteiger partial charge < -0.3 is 5.32 Å². The summed E-state index contributed by atoms with van der Waals surface area (Å²) in [6, 6.07) is 10.2. The summed E-state index contributed by atoms with van der Waals surface area (Å²) in [6.45, 7) is 7.01. The first-order valence-corrected chi connectivity index (χ1v) is 8.18. The van der Waals surface area contributed by atoms with E-state index < -0.39 is 0 Å². The molecule has 0 aliphatic carbocycles. The van der Waals surface area contributed by atoms with Crippen molar-refractivity contribution in [3.63, 3.8) is 0 Å². The van der Waals surface area contributed by atoms with Gasteiger partial charge in [0.05, 0.1) is 18.0 Å². The first-order chi connectivity index (χ1) is 10.4. The Kier molecular flexibility index (Phi) is 5.55. The molecule has 0 saturated carbocycles. The zero-order valence-corrected chi connectivity index (χ0v) is 14.0. The fraction of sp³-hybridized carbons (Fsp3) is 0.353. The van der Waals surface area contributed by atoms with Crippen molar-refractivity contribution in [2.24, 2.45) is 0 Å². The molecule has 0 aliphatic heterocycles. The number of amides is 1. The van der Waals surface area contributed by atoms with E-state index in [1.807, 2.05) is 0 Å². The predicted molar refractivity (Wildman–Crippen MR) is 89.7 cm³/mol. The minimum Gasteiger partial charge on any atom is -0.350 e. The van der Waals surface area contributed by atoms with Crippen LogP contribution in [0, 0.1) is 0 Å². The van der Waals surface area contributed by atoms with E-state index in [1.165, 1.54) is 23.7 Å². The van der Waals surface area contributed by atoms with E-state index in [0.717, 1.165) is 10.6 Å². The highest BCUT2D eigenvalue weighted by atomic mass is 32.2. The molecule has 0 fully saturated rings. The molecule has 22 heavy (non-hydrogen) atoms. The summed E-state index contributed by atoms with van der Waals surface area (Å²) >= 11 is 1.54. The minimum absolute atomic E-state index is 0.00325. The maximum Gasteiger partial charge on any atom is 0.230 e. The maximum absolute atomic E-state index is 11.8. The Morgan fingerprint density at radius 2 is 1.91 bits per heavy atom. The van der Waals surface area contributed by atoms with E-state index in [0.29, 0.717) is 12.3 Å². The predicted octanol–water partition coefficient (Wildman–Crippen LogP) is 3.18. The molecular formula is C17H21N3OS. The van der Waals surface area contributed by atoms with Crippen LogP contribution >= 0.6 is 11.8 Å². The summed E-state index contributed by atoms with van der Waals surface area (Å²) < 4.78 is 0. The minimum atomic E-state index is 0.00325. The smallest absolute Gasteiger partial charge is 0.230 e. The Bertz CT molecular complexity index is 606. The molecule has 1 N–H and O–H groups in total. The summed E-state index contributed by atoms with van der Waals surface area (Å²) in [5.41, 5.74) is 2.26. The van der Waals surface area contributed by atoms with Gasteiger partial charge in [-0.2, -0.15) is 0 Å². The standard InChI is InChI=1S/C17H21N3OS/c1-17(2,3)13-4-6-15(7-5-13)22-11-16(21)19-10-14-8-9-18-12-20-14/h4-9,12H,10-11H2,1-3H3,(H,19,21).